The molecule has 0 aliphatic carbocycles. The molecule has 1 N–H and O–H groups in total. The van der Waals surface area contributed by atoms with Crippen LogP contribution in [0.15, 0.2) is 18.2 Å². The fourth-order valence-corrected chi connectivity index (χ4v) is 4.07. The second-order valence-corrected chi connectivity index (χ2v) is 7.15. The van der Waals surface area contributed by atoms with Crippen LogP contribution in [-0.2, 0) is 11.0 Å². The lowest BCUT2D eigenvalue weighted by Crippen LogP contribution is -2.61. The highest BCUT2D eigenvalue weighted by Gasteiger charge is 2.52. The number of carbonyl (C=O) groups is 2. The van der Waals surface area contributed by atoms with Crippen molar-refractivity contribution in [1.29, 1.82) is 0 Å². The van der Waals surface area contributed by atoms with Gasteiger partial charge in [0.25, 0.3) is 0 Å². The number of alkyl halides is 3. The van der Waals surface area contributed by atoms with Crippen LogP contribution in [0.2, 0.25) is 5.02 Å². The summed E-state index contributed by atoms with van der Waals surface area (Å²) >= 11 is 5.60. The number of nitrogens with one attached hydrogen (secondary N) is 1. The SMILES string of the molecule is CN1CCCC2(CCCN2C(=O)Nc2ccc(Cl)c(C(F)(F)F)c2)C1=O. The Labute approximate surface area is 154 Å². The number of halogens is 4. The fraction of sp³-hybridized carbons (Fsp3) is 0.529. The Morgan fingerprint density at radius 3 is 2.54 bits per heavy atom. The fourth-order valence-electron chi connectivity index (χ4n) is 3.84. The molecule has 142 valence electrons. The molecule has 1 aromatic rings. The van der Waals surface area contributed by atoms with E-state index in [1.807, 2.05) is 0 Å². The van der Waals surface area contributed by atoms with Crippen molar-refractivity contribution in [2.45, 2.75) is 37.4 Å². The molecule has 0 radical (unpaired) electrons. The predicted octanol–water partition coefficient (Wildman–Crippen LogP) is 3.98. The highest BCUT2D eigenvalue weighted by molar-refractivity contribution is 6.31. The van der Waals surface area contributed by atoms with E-state index in [1.54, 1.807) is 11.9 Å². The normalized spacial score (nSPS) is 23.7. The second kappa shape index (κ2) is 6.64. The van der Waals surface area contributed by atoms with Crippen molar-refractivity contribution in [3.63, 3.8) is 0 Å². The first-order chi connectivity index (χ1) is 12.1. The molecule has 2 heterocycles. The molecular weight excluding hydrogens is 371 g/mol. The van der Waals surface area contributed by atoms with E-state index in [2.05, 4.69) is 5.32 Å². The molecule has 2 fully saturated rings. The van der Waals surface area contributed by atoms with Crippen LogP contribution in [-0.4, -0.2) is 47.4 Å². The third-order valence-corrected chi connectivity index (χ3v) is 5.42. The molecule has 3 rings (SSSR count). The number of carbonyl (C=O) groups excluding carboxylic acids is 2. The number of benzene rings is 1. The van der Waals surface area contributed by atoms with Crippen molar-refractivity contribution in [3.05, 3.63) is 28.8 Å². The van der Waals surface area contributed by atoms with Gasteiger partial charge >= 0.3 is 12.2 Å². The van der Waals surface area contributed by atoms with E-state index in [4.69, 9.17) is 11.6 Å². The van der Waals surface area contributed by atoms with Gasteiger partial charge in [-0.05, 0) is 43.9 Å². The van der Waals surface area contributed by atoms with Crippen molar-refractivity contribution in [2.24, 2.45) is 0 Å². The third kappa shape index (κ3) is 3.22. The molecule has 0 saturated carbocycles. The molecule has 1 unspecified atom stereocenters. The van der Waals surface area contributed by atoms with E-state index in [0.717, 1.165) is 18.6 Å². The van der Waals surface area contributed by atoms with Crippen LogP contribution in [0, 0.1) is 0 Å². The van der Waals surface area contributed by atoms with Crippen LogP contribution >= 0.6 is 11.6 Å². The minimum absolute atomic E-state index is 0.00890. The number of anilines is 1. The lowest BCUT2D eigenvalue weighted by Gasteiger charge is -2.43. The predicted molar refractivity (Wildman–Crippen MR) is 91.0 cm³/mol. The van der Waals surface area contributed by atoms with Crippen molar-refractivity contribution in [3.8, 4) is 0 Å². The number of hydrogen-bond donors (Lipinski definition) is 1. The summed E-state index contributed by atoms with van der Waals surface area (Å²) in [4.78, 5) is 28.5. The first-order valence-corrected chi connectivity index (χ1v) is 8.74. The van der Waals surface area contributed by atoms with Crippen LogP contribution in [0.25, 0.3) is 0 Å². The van der Waals surface area contributed by atoms with Gasteiger partial charge in [-0.25, -0.2) is 4.79 Å². The van der Waals surface area contributed by atoms with Gasteiger partial charge in [-0.3, -0.25) is 4.79 Å². The van der Waals surface area contributed by atoms with E-state index in [-0.39, 0.29) is 11.6 Å². The zero-order valence-corrected chi connectivity index (χ0v) is 15.0. The van der Waals surface area contributed by atoms with Crippen molar-refractivity contribution in [1.82, 2.24) is 9.80 Å². The van der Waals surface area contributed by atoms with Gasteiger partial charge in [-0.1, -0.05) is 11.6 Å². The molecule has 5 nitrogen and oxygen atoms in total. The molecule has 0 aromatic heterocycles. The molecule has 3 amide bonds. The molecule has 2 saturated heterocycles. The third-order valence-electron chi connectivity index (χ3n) is 5.09. The number of amides is 3. The van der Waals surface area contributed by atoms with Crippen LogP contribution < -0.4 is 5.32 Å². The summed E-state index contributed by atoms with van der Waals surface area (Å²) in [5.74, 6) is -0.108. The molecule has 1 aromatic carbocycles. The maximum absolute atomic E-state index is 13.0. The zero-order valence-electron chi connectivity index (χ0n) is 14.2. The molecule has 2 aliphatic heterocycles. The molecule has 1 atom stereocenters. The van der Waals surface area contributed by atoms with E-state index in [1.165, 1.54) is 11.0 Å². The minimum Gasteiger partial charge on any atom is -0.344 e. The number of likely N-dealkylation sites (N-methyl/N-ethyl adjacent to an activating group) is 1. The van der Waals surface area contributed by atoms with E-state index >= 15 is 0 Å². The summed E-state index contributed by atoms with van der Waals surface area (Å²) in [6.07, 6.45) is -2.02. The van der Waals surface area contributed by atoms with E-state index in [0.29, 0.717) is 32.4 Å². The van der Waals surface area contributed by atoms with Crippen molar-refractivity contribution >= 4 is 29.2 Å². The van der Waals surface area contributed by atoms with Crippen LogP contribution in [0.3, 0.4) is 0 Å². The van der Waals surface area contributed by atoms with E-state index < -0.39 is 28.3 Å². The first kappa shape index (κ1) is 18.8. The monoisotopic (exact) mass is 389 g/mol. The standard InChI is InChI=1S/C17H19ClF3N3O2/c1-23-8-2-6-16(14(23)25)7-3-9-24(16)15(26)22-11-4-5-13(18)12(10-11)17(19,20)21/h4-5,10H,2-3,6-9H2,1H3,(H,22,26). The van der Waals surface area contributed by atoms with Crippen molar-refractivity contribution in [2.75, 3.05) is 25.5 Å². The Morgan fingerprint density at radius 1 is 1.23 bits per heavy atom. The van der Waals surface area contributed by atoms with Gasteiger partial charge in [0.15, 0.2) is 0 Å². The Bertz CT molecular complexity index is 740. The van der Waals surface area contributed by atoms with Gasteiger partial charge in [0, 0.05) is 25.8 Å². The molecule has 2 aliphatic rings. The van der Waals surface area contributed by atoms with Crippen LogP contribution in [0.1, 0.15) is 31.2 Å². The van der Waals surface area contributed by atoms with Crippen LogP contribution in [0.5, 0.6) is 0 Å². The topological polar surface area (TPSA) is 52.6 Å². The lowest BCUT2D eigenvalue weighted by atomic mass is 9.86. The summed E-state index contributed by atoms with van der Waals surface area (Å²) in [5.41, 5.74) is -1.91. The highest BCUT2D eigenvalue weighted by atomic mass is 35.5. The molecule has 0 bridgehead atoms. The Kier molecular flexibility index (Phi) is 4.81. The summed E-state index contributed by atoms with van der Waals surface area (Å²) in [6, 6.07) is 2.64. The lowest BCUT2D eigenvalue weighted by molar-refractivity contribution is -0.143. The first-order valence-electron chi connectivity index (χ1n) is 8.36. The number of rotatable bonds is 1. The van der Waals surface area contributed by atoms with Gasteiger partial charge in [0.2, 0.25) is 5.91 Å². The number of urea groups is 1. The quantitative estimate of drug-likeness (QED) is 0.790. The maximum Gasteiger partial charge on any atom is 0.417 e. The smallest absolute Gasteiger partial charge is 0.344 e. The number of likely N-dealkylation sites (tertiary alicyclic amines) is 2. The highest BCUT2D eigenvalue weighted by Crippen LogP contribution is 2.39. The summed E-state index contributed by atoms with van der Waals surface area (Å²) in [6.45, 7) is 1.04. The second-order valence-electron chi connectivity index (χ2n) is 6.74. The Balaban J connectivity index is 1.83. The average Bonchev–Trinajstić information content (AvgIpc) is 2.98. The van der Waals surface area contributed by atoms with Gasteiger partial charge in [-0.2, -0.15) is 13.2 Å². The zero-order chi connectivity index (χ0) is 19.1. The van der Waals surface area contributed by atoms with Crippen LogP contribution in [0.4, 0.5) is 23.7 Å². The summed E-state index contributed by atoms with van der Waals surface area (Å²) in [7, 11) is 1.70. The number of piperidine rings is 1. The molecule has 1 spiro atoms. The van der Waals surface area contributed by atoms with Gasteiger partial charge in [0.1, 0.15) is 5.54 Å². The van der Waals surface area contributed by atoms with Crippen molar-refractivity contribution < 1.29 is 22.8 Å². The number of nitrogens with zero attached hydrogens (tertiary/aromatic N) is 2. The molecule has 9 heteroatoms. The van der Waals surface area contributed by atoms with Gasteiger partial charge in [0.05, 0.1) is 10.6 Å². The van der Waals surface area contributed by atoms with E-state index in [9.17, 15) is 22.8 Å². The summed E-state index contributed by atoms with van der Waals surface area (Å²) in [5, 5.41) is 2.06. The van der Waals surface area contributed by atoms with Gasteiger partial charge < -0.3 is 15.1 Å². The van der Waals surface area contributed by atoms with Gasteiger partial charge in [-0.15, -0.1) is 0 Å². The number of hydrogen-bond acceptors (Lipinski definition) is 2. The Hall–Kier alpha value is -1.96. The molecule has 26 heavy (non-hydrogen) atoms. The summed E-state index contributed by atoms with van der Waals surface area (Å²) < 4.78 is 39.0. The maximum atomic E-state index is 13.0. The largest absolute Gasteiger partial charge is 0.417 e. The minimum atomic E-state index is -4.62. The average molecular weight is 390 g/mol. The Morgan fingerprint density at radius 2 is 1.88 bits per heavy atom. The molecular formula is C17H19ClF3N3O2.